The topological polar surface area (TPSA) is 129 Å². The molecule has 12 heteroatoms. The predicted octanol–water partition coefficient (Wildman–Crippen LogP) is 3.32. The molecule has 0 radical (unpaired) electrons. The summed E-state index contributed by atoms with van der Waals surface area (Å²) in [4.78, 5) is 30.6. The number of hydrogen-bond donors (Lipinski definition) is 2. The largest absolute Gasteiger partial charge is 0.489 e. The van der Waals surface area contributed by atoms with Gasteiger partial charge >= 0.3 is 12.7 Å². The molecule has 2 fully saturated rings. The van der Waals surface area contributed by atoms with E-state index in [4.69, 9.17) is 14.9 Å². The maximum Gasteiger partial charge on any atom is 0.407 e. The Morgan fingerprint density at radius 1 is 1.29 bits per heavy atom. The third-order valence-electron chi connectivity index (χ3n) is 5.83. The highest BCUT2D eigenvalue weighted by molar-refractivity contribution is 5.94. The Balaban J connectivity index is 1.57. The van der Waals surface area contributed by atoms with Crippen molar-refractivity contribution in [1.29, 1.82) is 0 Å². The highest BCUT2D eigenvalue weighted by Gasteiger charge is 2.33. The van der Waals surface area contributed by atoms with Crippen molar-refractivity contribution in [1.82, 2.24) is 15.2 Å². The van der Waals surface area contributed by atoms with Gasteiger partial charge in [-0.05, 0) is 50.3 Å². The molecule has 4 rings (SSSR count). The number of nitrogens with two attached hydrogens (primary N) is 1. The minimum atomic E-state index is -3.00. The summed E-state index contributed by atoms with van der Waals surface area (Å²) in [5.74, 6) is 0.350. The minimum Gasteiger partial charge on any atom is -0.489 e. The second-order valence-electron chi connectivity index (χ2n) is 8.69. The Kier molecular flexibility index (Phi) is 7.39. The van der Waals surface area contributed by atoms with Crippen molar-refractivity contribution >= 4 is 12.0 Å². The third kappa shape index (κ3) is 5.99. The number of halogens is 2. The number of alkyl halides is 2. The van der Waals surface area contributed by atoms with E-state index in [9.17, 15) is 18.4 Å². The van der Waals surface area contributed by atoms with E-state index in [1.165, 1.54) is 25.3 Å². The molecule has 1 aromatic carbocycles. The van der Waals surface area contributed by atoms with E-state index in [1.807, 2.05) is 0 Å². The normalized spacial score (nSPS) is 18.5. The van der Waals surface area contributed by atoms with Crippen LogP contribution in [-0.2, 0) is 4.74 Å². The van der Waals surface area contributed by atoms with Gasteiger partial charge in [-0.25, -0.2) is 9.78 Å². The van der Waals surface area contributed by atoms with Crippen LogP contribution in [-0.4, -0.2) is 61.3 Å². The SMILES string of the molecule is COC(=O)N[C@@H]1CCN(C(=O)c2nc(-c3ccc(OC(F)F)c(OCC4CC4)c3)oc2[C@H](C)N)C1. The van der Waals surface area contributed by atoms with Crippen LogP contribution in [0.5, 0.6) is 11.5 Å². The van der Waals surface area contributed by atoms with Gasteiger partial charge in [0.25, 0.3) is 5.91 Å². The smallest absolute Gasteiger partial charge is 0.407 e. The number of rotatable bonds is 9. The zero-order valence-electron chi connectivity index (χ0n) is 19.5. The van der Waals surface area contributed by atoms with E-state index >= 15 is 0 Å². The van der Waals surface area contributed by atoms with Crippen LogP contribution in [0.4, 0.5) is 13.6 Å². The van der Waals surface area contributed by atoms with E-state index in [0.717, 1.165) is 12.8 Å². The van der Waals surface area contributed by atoms with Crippen molar-refractivity contribution in [3.63, 3.8) is 0 Å². The number of benzene rings is 1. The van der Waals surface area contributed by atoms with Crippen LogP contribution in [0, 0.1) is 5.92 Å². The number of carbonyl (C=O) groups is 2. The van der Waals surface area contributed by atoms with Crippen LogP contribution in [0.2, 0.25) is 0 Å². The Labute approximate surface area is 200 Å². The molecule has 0 unspecified atom stereocenters. The lowest BCUT2D eigenvalue weighted by Crippen LogP contribution is -2.38. The summed E-state index contributed by atoms with van der Waals surface area (Å²) in [6.07, 6.45) is 2.05. The number of aromatic nitrogens is 1. The molecule has 35 heavy (non-hydrogen) atoms. The van der Waals surface area contributed by atoms with E-state index in [-0.39, 0.29) is 47.3 Å². The maximum absolute atomic E-state index is 13.2. The quantitative estimate of drug-likeness (QED) is 0.543. The van der Waals surface area contributed by atoms with Crippen molar-refractivity contribution in [2.75, 3.05) is 26.8 Å². The van der Waals surface area contributed by atoms with Crippen molar-refractivity contribution < 1.29 is 37.0 Å². The number of ether oxygens (including phenoxy) is 3. The molecule has 2 amide bonds. The summed E-state index contributed by atoms with van der Waals surface area (Å²) in [5.41, 5.74) is 6.52. The second-order valence-corrected chi connectivity index (χ2v) is 8.69. The summed E-state index contributed by atoms with van der Waals surface area (Å²) in [6.45, 7) is -0.256. The standard InChI is InChI=1S/C23H28F2N4O6/c1-12(26)19-18(21(30)29-8-7-15(10-29)27-23(31)32-2)28-20(35-19)14-5-6-16(34-22(24)25)17(9-14)33-11-13-3-4-13/h5-6,9,12-13,15,22H,3-4,7-8,10-11,26H2,1-2H3,(H,27,31)/t12-,15+/m0/s1. The third-order valence-corrected chi connectivity index (χ3v) is 5.83. The van der Waals surface area contributed by atoms with Gasteiger partial charge in [-0.2, -0.15) is 8.78 Å². The van der Waals surface area contributed by atoms with Crippen molar-refractivity contribution in [2.24, 2.45) is 11.7 Å². The molecule has 1 aliphatic heterocycles. The van der Waals surface area contributed by atoms with E-state index < -0.39 is 18.7 Å². The molecule has 2 heterocycles. The summed E-state index contributed by atoms with van der Waals surface area (Å²) < 4.78 is 46.4. The van der Waals surface area contributed by atoms with Crippen LogP contribution >= 0.6 is 0 Å². The molecule has 2 atom stereocenters. The Bertz CT molecular complexity index is 1070. The number of hydrogen-bond acceptors (Lipinski definition) is 8. The summed E-state index contributed by atoms with van der Waals surface area (Å²) in [5, 5.41) is 2.68. The Morgan fingerprint density at radius 2 is 2.06 bits per heavy atom. The number of carbonyl (C=O) groups excluding carboxylic acids is 2. The van der Waals surface area contributed by atoms with Crippen LogP contribution in [0.25, 0.3) is 11.5 Å². The van der Waals surface area contributed by atoms with Gasteiger partial charge in [0.1, 0.15) is 0 Å². The van der Waals surface area contributed by atoms with Crippen LogP contribution in [0.15, 0.2) is 22.6 Å². The molecule has 1 saturated heterocycles. The molecular formula is C23H28F2N4O6. The summed E-state index contributed by atoms with van der Waals surface area (Å²) in [6, 6.07) is 3.47. The molecule has 2 aromatic rings. The molecule has 1 saturated carbocycles. The monoisotopic (exact) mass is 494 g/mol. The van der Waals surface area contributed by atoms with Crippen LogP contribution < -0.4 is 20.5 Å². The zero-order chi connectivity index (χ0) is 25.1. The van der Waals surface area contributed by atoms with Gasteiger partial charge in [0, 0.05) is 18.7 Å². The Morgan fingerprint density at radius 3 is 2.71 bits per heavy atom. The zero-order valence-corrected chi connectivity index (χ0v) is 19.5. The fourth-order valence-corrected chi connectivity index (χ4v) is 3.79. The first-order valence-corrected chi connectivity index (χ1v) is 11.4. The molecular weight excluding hydrogens is 466 g/mol. The molecule has 190 valence electrons. The van der Waals surface area contributed by atoms with Gasteiger partial charge in [-0.1, -0.05) is 0 Å². The number of amides is 2. The van der Waals surface area contributed by atoms with E-state index in [2.05, 4.69) is 19.8 Å². The van der Waals surface area contributed by atoms with Gasteiger partial charge in [0.05, 0.1) is 25.8 Å². The minimum absolute atomic E-state index is 0.0575. The first kappa shape index (κ1) is 24.7. The molecule has 0 spiro atoms. The average molecular weight is 494 g/mol. The number of nitrogens with one attached hydrogen (secondary N) is 1. The van der Waals surface area contributed by atoms with Crippen molar-refractivity contribution in [2.45, 2.75) is 44.9 Å². The lowest BCUT2D eigenvalue weighted by Gasteiger charge is -2.16. The number of alkyl carbamates (subject to hydrolysis) is 1. The number of likely N-dealkylation sites (tertiary alicyclic amines) is 1. The van der Waals surface area contributed by atoms with Crippen LogP contribution in [0.3, 0.4) is 0 Å². The number of nitrogens with zero attached hydrogens (tertiary/aromatic N) is 2. The highest BCUT2D eigenvalue weighted by atomic mass is 19.3. The lowest BCUT2D eigenvalue weighted by molar-refractivity contribution is -0.0515. The van der Waals surface area contributed by atoms with Gasteiger partial charge in [-0.3, -0.25) is 4.79 Å². The van der Waals surface area contributed by atoms with Crippen molar-refractivity contribution in [3.05, 3.63) is 29.7 Å². The molecule has 0 bridgehead atoms. The number of methoxy groups -OCH3 is 1. The molecule has 10 nitrogen and oxygen atoms in total. The number of oxazole rings is 1. The maximum atomic E-state index is 13.2. The van der Waals surface area contributed by atoms with Gasteiger partial charge in [-0.15, -0.1) is 0 Å². The van der Waals surface area contributed by atoms with E-state index in [1.54, 1.807) is 11.8 Å². The molecule has 1 aliphatic carbocycles. The highest BCUT2D eigenvalue weighted by Crippen LogP contribution is 2.37. The summed E-state index contributed by atoms with van der Waals surface area (Å²) >= 11 is 0. The van der Waals surface area contributed by atoms with Gasteiger partial charge < -0.3 is 34.6 Å². The van der Waals surface area contributed by atoms with Crippen LogP contribution in [0.1, 0.15) is 48.5 Å². The molecule has 3 N–H and O–H groups in total. The fraction of sp³-hybridized carbons (Fsp3) is 0.522. The average Bonchev–Trinajstić information content (AvgIpc) is 3.35. The first-order valence-electron chi connectivity index (χ1n) is 11.4. The predicted molar refractivity (Wildman–Crippen MR) is 119 cm³/mol. The summed E-state index contributed by atoms with van der Waals surface area (Å²) in [7, 11) is 1.27. The lowest BCUT2D eigenvalue weighted by atomic mass is 10.2. The Hall–Kier alpha value is -3.41. The molecule has 2 aliphatic rings. The van der Waals surface area contributed by atoms with Gasteiger partial charge in [0.2, 0.25) is 5.89 Å². The molecule has 1 aromatic heterocycles. The van der Waals surface area contributed by atoms with Crippen molar-refractivity contribution in [3.8, 4) is 23.0 Å². The second kappa shape index (κ2) is 10.5. The van der Waals surface area contributed by atoms with E-state index in [0.29, 0.717) is 31.1 Å². The van der Waals surface area contributed by atoms with Gasteiger partial charge in [0.15, 0.2) is 23.0 Å². The fourth-order valence-electron chi connectivity index (χ4n) is 3.79. The first-order chi connectivity index (χ1) is 16.7.